The highest BCUT2D eigenvalue weighted by Crippen LogP contribution is 1.90. The van der Waals surface area contributed by atoms with E-state index in [9.17, 15) is 9.59 Å². The minimum Gasteiger partial charge on any atom is -0.469 e. The average molecular weight is 203 g/mol. The van der Waals surface area contributed by atoms with Crippen molar-refractivity contribution in [1.29, 1.82) is 0 Å². The zero-order valence-electron chi connectivity index (χ0n) is 8.67. The Morgan fingerprint density at radius 3 is 2.57 bits per heavy atom. The van der Waals surface area contributed by atoms with Gasteiger partial charge in [-0.05, 0) is 6.92 Å². The molecule has 5 heteroatoms. The molecule has 0 spiro atoms. The molecule has 0 atom stereocenters. The lowest BCUT2D eigenvalue weighted by Crippen LogP contribution is -2.27. The highest BCUT2D eigenvalue weighted by atomic mass is 16.5. The second kappa shape index (κ2) is 8.50. The fourth-order valence-corrected chi connectivity index (χ4v) is 0.813. The van der Waals surface area contributed by atoms with Crippen LogP contribution < -0.4 is 5.32 Å². The summed E-state index contributed by atoms with van der Waals surface area (Å²) in [5.41, 5.74) is 0. The van der Waals surface area contributed by atoms with Crippen LogP contribution in [0.15, 0.2) is 0 Å². The lowest BCUT2D eigenvalue weighted by atomic mass is 10.3. The fraction of sp³-hybridized carbons (Fsp3) is 0.778. The molecule has 0 heterocycles. The smallest absolute Gasteiger partial charge is 0.306 e. The van der Waals surface area contributed by atoms with Crippen molar-refractivity contribution in [2.45, 2.75) is 19.8 Å². The Morgan fingerprint density at radius 1 is 1.29 bits per heavy atom. The monoisotopic (exact) mass is 203 g/mol. The summed E-state index contributed by atoms with van der Waals surface area (Å²) < 4.78 is 9.42. The molecule has 14 heavy (non-hydrogen) atoms. The summed E-state index contributed by atoms with van der Waals surface area (Å²) in [6, 6.07) is 0. The number of carbonyl (C=O) groups is 2. The molecule has 0 fully saturated rings. The number of rotatable bonds is 7. The second-order valence-corrected chi connectivity index (χ2v) is 2.62. The van der Waals surface area contributed by atoms with Gasteiger partial charge in [0.05, 0.1) is 20.1 Å². The highest BCUT2D eigenvalue weighted by Gasteiger charge is 2.05. The normalized spacial score (nSPS) is 9.57. The van der Waals surface area contributed by atoms with Gasteiger partial charge in [0, 0.05) is 19.6 Å². The number of methoxy groups -OCH3 is 1. The molecule has 0 radical (unpaired) electrons. The first-order valence-electron chi connectivity index (χ1n) is 4.62. The molecule has 0 aliphatic heterocycles. The van der Waals surface area contributed by atoms with E-state index in [1.807, 2.05) is 6.92 Å². The first-order valence-corrected chi connectivity index (χ1v) is 4.62. The summed E-state index contributed by atoms with van der Waals surface area (Å²) >= 11 is 0. The summed E-state index contributed by atoms with van der Waals surface area (Å²) in [5.74, 6) is -0.528. The van der Waals surface area contributed by atoms with Gasteiger partial charge in [-0.1, -0.05) is 0 Å². The van der Waals surface area contributed by atoms with Gasteiger partial charge in [0.25, 0.3) is 0 Å². The molecule has 0 saturated carbocycles. The van der Waals surface area contributed by atoms with Gasteiger partial charge in [0.2, 0.25) is 5.91 Å². The number of esters is 1. The predicted molar refractivity (Wildman–Crippen MR) is 50.8 cm³/mol. The van der Waals surface area contributed by atoms with Crippen LogP contribution in [0.2, 0.25) is 0 Å². The molecule has 0 rings (SSSR count). The maximum Gasteiger partial charge on any atom is 0.306 e. The largest absolute Gasteiger partial charge is 0.469 e. The Balaban J connectivity index is 3.32. The van der Waals surface area contributed by atoms with E-state index in [0.29, 0.717) is 19.8 Å². The van der Waals surface area contributed by atoms with Crippen LogP contribution in [0.25, 0.3) is 0 Å². The van der Waals surface area contributed by atoms with Crippen molar-refractivity contribution in [3.8, 4) is 0 Å². The molecular weight excluding hydrogens is 186 g/mol. The van der Waals surface area contributed by atoms with Crippen LogP contribution in [0.1, 0.15) is 19.8 Å². The quantitative estimate of drug-likeness (QED) is 0.470. The maximum atomic E-state index is 11.1. The summed E-state index contributed by atoms with van der Waals surface area (Å²) in [6.07, 6.45) is 0.287. The average Bonchev–Trinajstić information content (AvgIpc) is 2.21. The first kappa shape index (κ1) is 12.9. The van der Waals surface area contributed by atoms with Gasteiger partial charge in [-0.3, -0.25) is 9.59 Å². The number of ether oxygens (including phenoxy) is 2. The van der Waals surface area contributed by atoms with Gasteiger partial charge >= 0.3 is 5.97 Å². The van der Waals surface area contributed by atoms with E-state index in [2.05, 4.69) is 10.1 Å². The van der Waals surface area contributed by atoms with Gasteiger partial charge in [0.1, 0.15) is 0 Å². The van der Waals surface area contributed by atoms with Crippen LogP contribution in [0.3, 0.4) is 0 Å². The molecule has 82 valence electrons. The topological polar surface area (TPSA) is 64.6 Å². The summed E-state index contributed by atoms with van der Waals surface area (Å²) in [4.78, 5) is 21.7. The Labute approximate surface area is 83.8 Å². The maximum absolute atomic E-state index is 11.1. The number of carbonyl (C=O) groups excluding carboxylic acids is 2. The van der Waals surface area contributed by atoms with E-state index in [1.165, 1.54) is 7.11 Å². The standard InChI is InChI=1S/C9H17NO4/c1-3-14-7-6-10-8(11)4-5-9(12)13-2/h3-7H2,1-2H3,(H,10,11). The van der Waals surface area contributed by atoms with Gasteiger partial charge < -0.3 is 14.8 Å². The van der Waals surface area contributed by atoms with Crippen molar-refractivity contribution in [2.24, 2.45) is 0 Å². The number of hydrogen-bond acceptors (Lipinski definition) is 4. The van der Waals surface area contributed by atoms with Crippen LogP contribution in [0.5, 0.6) is 0 Å². The minimum atomic E-state index is -0.370. The Morgan fingerprint density at radius 2 is 2.00 bits per heavy atom. The van der Waals surface area contributed by atoms with Crippen molar-refractivity contribution >= 4 is 11.9 Å². The van der Waals surface area contributed by atoms with Gasteiger partial charge in [-0.25, -0.2) is 0 Å². The van der Waals surface area contributed by atoms with Crippen LogP contribution in [0, 0.1) is 0 Å². The molecule has 0 saturated heterocycles. The highest BCUT2D eigenvalue weighted by molar-refractivity contribution is 5.81. The van der Waals surface area contributed by atoms with Crippen LogP contribution in [-0.2, 0) is 19.1 Å². The van der Waals surface area contributed by atoms with E-state index >= 15 is 0 Å². The van der Waals surface area contributed by atoms with Crippen molar-refractivity contribution in [3.63, 3.8) is 0 Å². The van der Waals surface area contributed by atoms with Crippen molar-refractivity contribution in [2.75, 3.05) is 26.9 Å². The zero-order chi connectivity index (χ0) is 10.8. The van der Waals surface area contributed by atoms with Crippen molar-refractivity contribution in [1.82, 2.24) is 5.32 Å². The molecular formula is C9H17NO4. The molecule has 1 N–H and O–H groups in total. The molecule has 5 nitrogen and oxygen atoms in total. The molecule has 0 aliphatic carbocycles. The van der Waals surface area contributed by atoms with Crippen LogP contribution in [0.4, 0.5) is 0 Å². The van der Waals surface area contributed by atoms with E-state index in [0.717, 1.165) is 0 Å². The SMILES string of the molecule is CCOCCNC(=O)CCC(=O)OC. The molecule has 0 aromatic carbocycles. The third-order valence-electron chi connectivity index (χ3n) is 1.56. The van der Waals surface area contributed by atoms with Gasteiger partial charge in [0.15, 0.2) is 0 Å². The first-order chi connectivity index (χ1) is 6.70. The molecule has 0 aliphatic rings. The van der Waals surface area contributed by atoms with Crippen molar-refractivity contribution < 1.29 is 19.1 Å². The Bertz CT molecular complexity index is 182. The molecule has 0 unspecified atom stereocenters. The van der Waals surface area contributed by atoms with E-state index in [-0.39, 0.29) is 24.7 Å². The van der Waals surface area contributed by atoms with Crippen LogP contribution in [-0.4, -0.2) is 38.7 Å². The molecule has 0 aromatic rings. The third kappa shape index (κ3) is 7.54. The number of nitrogens with one attached hydrogen (secondary N) is 1. The second-order valence-electron chi connectivity index (χ2n) is 2.62. The van der Waals surface area contributed by atoms with E-state index < -0.39 is 0 Å². The number of amides is 1. The molecule has 0 aromatic heterocycles. The summed E-state index contributed by atoms with van der Waals surface area (Å²) in [6.45, 7) is 3.51. The number of hydrogen-bond donors (Lipinski definition) is 1. The lowest BCUT2D eigenvalue weighted by molar-refractivity contribution is -0.142. The van der Waals surface area contributed by atoms with Gasteiger partial charge in [-0.2, -0.15) is 0 Å². The lowest BCUT2D eigenvalue weighted by Gasteiger charge is -2.04. The molecule has 1 amide bonds. The Kier molecular flexibility index (Phi) is 7.83. The van der Waals surface area contributed by atoms with E-state index in [4.69, 9.17) is 4.74 Å². The summed E-state index contributed by atoms with van der Waals surface area (Å²) in [5, 5.41) is 2.63. The fourth-order valence-electron chi connectivity index (χ4n) is 0.813. The third-order valence-corrected chi connectivity index (χ3v) is 1.56. The van der Waals surface area contributed by atoms with E-state index in [1.54, 1.807) is 0 Å². The predicted octanol–water partition coefficient (Wildman–Crippen LogP) is 0.0923. The zero-order valence-corrected chi connectivity index (χ0v) is 8.67. The minimum absolute atomic E-state index is 0.122. The Hall–Kier alpha value is -1.10. The molecule has 0 bridgehead atoms. The van der Waals surface area contributed by atoms with Crippen LogP contribution >= 0.6 is 0 Å². The summed E-state index contributed by atoms with van der Waals surface area (Å²) in [7, 11) is 1.30. The van der Waals surface area contributed by atoms with Crippen molar-refractivity contribution in [3.05, 3.63) is 0 Å². The van der Waals surface area contributed by atoms with Gasteiger partial charge in [-0.15, -0.1) is 0 Å².